The molecule has 1 fully saturated rings. The summed E-state index contributed by atoms with van der Waals surface area (Å²) in [6.45, 7) is 6.48. The van der Waals surface area contributed by atoms with E-state index in [0.29, 0.717) is 66.2 Å². The summed E-state index contributed by atoms with van der Waals surface area (Å²) in [7, 11) is 3.04. The van der Waals surface area contributed by atoms with Gasteiger partial charge >= 0.3 is 0 Å². The molecule has 1 aliphatic rings. The first-order valence-electron chi connectivity index (χ1n) is 11.4. The molecule has 34 heavy (non-hydrogen) atoms. The summed E-state index contributed by atoms with van der Waals surface area (Å²) >= 11 is 0. The Bertz CT molecular complexity index is 1260. The maximum absolute atomic E-state index is 14.2. The number of rotatable bonds is 6. The van der Waals surface area contributed by atoms with Crippen molar-refractivity contribution in [2.24, 2.45) is 5.92 Å². The third-order valence-electron chi connectivity index (χ3n) is 6.14. The molecule has 1 aromatic heterocycles. The highest BCUT2D eigenvalue weighted by molar-refractivity contribution is 6.07. The fraction of sp³-hybridized carbons (Fsp3) is 0.385. The van der Waals surface area contributed by atoms with E-state index in [0.717, 1.165) is 0 Å². The number of para-hydroxylation sites is 1. The summed E-state index contributed by atoms with van der Waals surface area (Å²) in [5.41, 5.74) is 0.809. The highest BCUT2D eigenvalue weighted by Gasteiger charge is 2.26. The Kier molecular flexibility index (Phi) is 6.77. The van der Waals surface area contributed by atoms with E-state index in [9.17, 15) is 14.0 Å². The third kappa shape index (κ3) is 4.44. The predicted molar refractivity (Wildman–Crippen MR) is 131 cm³/mol. The van der Waals surface area contributed by atoms with Gasteiger partial charge < -0.3 is 23.8 Å². The lowest BCUT2D eigenvalue weighted by Gasteiger charge is -2.36. The lowest BCUT2D eigenvalue weighted by molar-refractivity contribution is 0.0747. The Morgan fingerprint density at radius 3 is 2.21 bits per heavy atom. The Labute approximate surface area is 198 Å². The standard InChI is InChI=1S/C26H30FN3O4/c1-17(2)15-30-16-20(18-13-23(33-3)24(34-4)14-19(18)25(30)31)26(32)29-11-9-28(10-12-29)22-8-6-5-7-21(22)27/h5-8,13-14,16-17H,9-12,15H2,1-4H3. The monoisotopic (exact) mass is 467 g/mol. The molecule has 180 valence electrons. The number of nitrogens with zero attached hydrogens (tertiary/aromatic N) is 3. The van der Waals surface area contributed by atoms with Gasteiger partial charge in [-0.1, -0.05) is 26.0 Å². The molecule has 2 heterocycles. The highest BCUT2D eigenvalue weighted by atomic mass is 19.1. The molecule has 0 N–H and O–H groups in total. The predicted octanol–water partition coefficient (Wildman–Crippen LogP) is 3.78. The number of pyridine rings is 1. The minimum absolute atomic E-state index is 0.164. The molecule has 1 aliphatic heterocycles. The van der Waals surface area contributed by atoms with Crippen LogP contribution < -0.4 is 19.9 Å². The van der Waals surface area contributed by atoms with Crippen LogP contribution in [0.4, 0.5) is 10.1 Å². The number of anilines is 1. The number of amides is 1. The maximum atomic E-state index is 14.2. The van der Waals surface area contributed by atoms with Crippen molar-refractivity contribution >= 4 is 22.4 Å². The number of aromatic nitrogens is 1. The molecular formula is C26H30FN3O4. The minimum atomic E-state index is -0.268. The third-order valence-corrected chi connectivity index (χ3v) is 6.14. The maximum Gasteiger partial charge on any atom is 0.258 e. The molecular weight excluding hydrogens is 437 g/mol. The summed E-state index contributed by atoms with van der Waals surface area (Å²) in [6.07, 6.45) is 1.65. The van der Waals surface area contributed by atoms with Gasteiger partial charge in [0.05, 0.1) is 30.9 Å². The molecule has 0 spiro atoms. The normalized spacial score (nSPS) is 14.1. The van der Waals surface area contributed by atoms with Crippen LogP contribution in [0.15, 0.2) is 47.4 Å². The van der Waals surface area contributed by atoms with Crippen molar-refractivity contribution in [1.29, 1.82) is 0 Å². The number of hydrogen-bond acceptors (Lipinski definition) is 5. The molecule has 7 nitrogen and oxygen atoms in total. The van der Waals surface area contributed by atoms with Crippen LogP contribution in [0.5, 0.6) is 11.5 Å². The van der Waals surface area contributed by atoms with Gasteiger partial charge in [0.2, 0.25) is 0 Å². The van der Waals surface area contributed by atoms with Crippen molar-refractivity contribution in [3.05, 3.63) is 64.3 Å². The molecule has 0 atom stereocenters. The Morgan fingerprint density at radius 2 is 1.62 bits per heavy atom. The first-order valence-corrected chi connectivity index (χ1v) is 11.4. The van der Waals surface area contributed by atoms with Gasteiger partial charge in [0.25, 0.3) is 11.5 Å². The average Bonchev–Trinajstić information content (AvgIpc) is 2.84. The number of methoxy groups -OCH3 is 2. The number of carbonyl (C=O) groups is 1. The zero-order chi connectivity index (χ0) is 24.4. The molecule has 8 heteroatoms. The SMILES string of the molecule is COc1cc2c(C(=O)N3CCN(c4ccccc4F)CC3)cn(CC(C)C)c(=O)c2cc1OC. The van der Waals surface area contributed by atoms with Crippen molar-refractivity contribution in [1.82, 2.24) is 9.47 Å². The van der Waals surface area contributed by atoms with Crippen LogP contribution in [-0.4, -0.2) is 55.8 Å². The second-order valence-electron chi connectivity index (χ2n) is 8.88. The number of ether oxygens (including phenoxy) is 2. The summed E-state index contributed by atoms with van der Waals surface area (Å²) in [4.78, 5) is 30.6. The van der Waals surface area contributed by atoms with E-state index in [2.05, 4.69) is 0 Å². The number of fused-ring (bicyclic) bond motifs is 1. The zero-order valence-corrected chi connectivity index (χ0v) is 20.0. The van der Waals surface area contributed by atoms with E-state index in [-0.39, 0.29) is 23.2 Å². The van der Waals surface area contributed by atoms with Gasteiger partial charge in [-0.2, -0.15) is 0 Å². The Hall–Kier alpha value is -3.55. The fourth-order valence-electron chi connectivity index (χ4n) is 4.45. The molecule has 0 saturated carbocycles. The summed E-state index contributed by atoms with van der Waals surface area (Å²) < 4.78 is 26.6. The number of piperazine rings is 1. The molecule has 0 bridgehead atoms. The highest BCUT2D eigenvalue weighted by Crippen LogP contribution is 2.33. The van der Waals surface area contributed by atoms with Crippen LogP contribution in [0.3, 0.4) is 0 Å². The minimum Gasteiger partial charge on any atom is -0.493 e. The summed E-state index contributed by atoms with van der Waals surface area (Å²) in [5.74, 6) is 0.682. The van der Waals surface area contributed by atoms with Crippen molar-refractivity contribution in [3.8, 4) is 11.5 Å². The first kappa shape index (κ1) is 23.6. The quantitative estimate of drug-likeness (QED) is 0.552. The first-order chi connectivity index (χ1) is 16.3. The fourth-order valence-corrected chi connectivity index (χ4v) is 4.45. The van der Waals surface area contributed by atoms with E-state index < -0.39 is 0 Å². The lowest BCUT2D eigenvalue weighted by atomic mass is 10.0. The van der Waals surface area contributed by atoms with Gasteiger partial charge in [0, 0.05) is 44.3 Å². The van der Waals surface area contributed by atoms with Crippen LogP contribution in [0, 0.1) is 11.7 Å². The molecule has 0 aliphatic carbocycles. The van der Waals surface area contributed by atoms with Gasteiger partial charge in [-0.05, 0) is 30.2 Å². The van der Waals surface area contributed by atoms with Gasteiger partial charge in [-0.3, -0.25) is 9.59 Å². The smallest absolute Gasteiger partial charge is 0.258 e. The molecule has 2 aromatic carbocycles. The summed E-state index contributed by atoms with van der Waals surface area (Å²) in [6, 6.07) is 10.00. The van der Waals surface area contributed by atoms with E-state index in [1.165, 1.54) is 20.3 Å². The second-order valence-corrected chi connectivity index (χ2v) is 8.88. The van der Waals surface area contributed by atoms with Crippen LogP contribution in [0.25, 0.3) is 10.8 Å². The van der Waals surface area contributed by atoms with Gasteiger partial charge in [-0.25, -0.2) is 4.39 Å². The van der Waals surface area contributed by atoms with E-state index in [1.807, 2.05) is 24.8 Å². The largest absolute Gasteiger partial charge is 0.493 e. The van der Waals surface area contributed by atoms with Crippen LogP contribution in [0.2, 0.25) is 0 Å². The number of hydrogen-bond donors (Lipinski definition) is 0. The Balaban J connectivity index is 1.71. The number of halogens is 1. The van der Waals surface area contributed by atoms with Gasteiger partial charge in [0.15, 0.2) is 11.5 Å². The number of benzene rings is 2. The van der Waals surface area contributed by atoms with Crippen molar-refractivity contribution in [3.63, 3.8) is 0 Å². The van der Waals surface area contributed by atoms with Crippen LogP contribution in [0.1, 0.15) is 24.2 Å². The van der Waals surface area contributed by atoms with Crippen LogP contribution >= 0.6 is 0 Å². The van der Waals surface area contributed by atoms with E-state index >= 15 is 0 Å². The summed E-state index contributed by atoms with van der Waals surface area (Å²) in [5, 5.41) is 0.943. The second kappa shape index (κ2) is 9.75. The topological polar surface area (TPSA) is 64.0 Å². The molecule has 0 unspecified atom stereocenters. The lowest BCUT2D eigenvalue weighted by Crippen LogP contribution is -2.49. The molecule has 3 aromatic rings. The Morgan fingerprint density at radius 1 is 1.00 bits per heavy atom. The molecule has 1 amide bonds. The zero-order valence-electron chi connectivity index (χ0n) is 20.0. The van der Waals surface area contributed by atoms with Crippen molar-refractivity contribution in [2.75, 3.05) is 45.3 Å². The van der Waals surface area contributed by atoms with E-state index in [4.69, 9.17) is 9.47 Å². The van der Waals surface area contributed by atoms with Crippen molar-refractivity contribution in [2.45, 2.75) is 20.4 Å². The average molecular weight is 468 g/mol. The van der Waals surface area contributed by atoms with E-state index in [1.54, 1.807) is 39.9 Å². The van der Waals surface area contributed by atoms with Crippen molar-refractivity contribution < 1.29 is 18.7 Å². The van der Waals surface area contributed by atoms with Gasteiger partial charge in [0.1, 0.15) is 5.82 Å². The molecule has 0 radical (unpaired) electrons. The molecule has 1 saturated heterocycles. The van der Waals surface area contributed by atoms with Gasteiger partial charge in [-0.15, -0.1) is 0 Å². The van der Waals surface area contributed by atoms with Crippen LogP contribution in [-0.2, 0) is 6.54 Å². The molecule has 4 rings (SSSR count). The number of carbonyl (C=O) groups excluding carboxylic acids is 1.